The number of carbonyl (C=O) groups excluding carboxylic acids is 2. The number of ketones is 2. The number of carbonyl (C=O) groups is 2. The molecule has 0 radical (unpaired) electrons. The molecule has 3 atom stereocenters. The van der Waals surface area contributed by atoms with E-state index in [9.17, 15) is 9.59 Å². The molecule has 0 spiro atoms. The van der Waals surface area contributed by atoms with Crippen molar-refractivity contribution in [2.45, 2.75) is 31.5 Å². The molecule has 1 fully saturated rings. The quantitative estimate of drug-likeness (QED) is 0.537. The van der Waals surface area contributed by atoms with Gasteiger partial charge in [0.15, 0.2) is 11.6 Å². The van der Waals surface area contributed by atoms with Crippen LogP contribution in [0.4, 0.5) is 0 Å². The maximum atomic E-state index is 13.0. The number of halogens is 2. The van der Waals surface area contributed by atoms with Crippen LogP contribution in [0, 0.1) is 5.92 Å². The molecule has 1 aliphatic carbocycles. The Morgan fingerprint density at radius 3 is 2.55 bits per heavy atom. The molecule has 0 N–H and O–H groups in total. The lowest BCUT2D eigenvalue weighted by Crippen LogP contribution is -2.41. The molecule has 1 saturated carbocycles. The van der Waals surface area contributed by atoms with E-state index in [1.54, 1.807) is 30.5 Å². The third-order valence-electron chi connectivity index (χ3n) is 5.48. The summed E-state index contributed by atoms with van der Waals surface area (Å²) in [5.74, 6) is -0.119. The van der Waals surface area contributed by atoms with Gasteiger partial charge in [0.2, 0.25) is 0 Å². The van der Waals surface area contributed by atoms with Crippen LogP contribution in [0.2, 0.25) is 5.02 Å². The van der Waals surface area contributed by atoms with Crippen LogP contribution in [0.15, 0.2) is 59.3 Å². The summed E-state index contributed by atoms with van der Waals surface area (Å²) in [5, 5.41) is 0.593. The molecule has 2 aliphatic rings. The molecule has 6 heteroatoms. The zero-order chi connectivity index (χ0) is 20.4. The summed E-state index contributed by atoms with van der Waals surface area (Å²) >= 11 is 9.27. The lowest BCUT2D eigenvalue weighted by molar-refractivity contribution is -0.127. The highest BCUT2D eigenvalue weighted by Gasteiger charge is 2.40. The first-order valence-electron chi connectivity index (χ1n) is 9.57. The number of Topliss-reactive ketones (excluding diaryl/α,β-unsaturated/α-hetero) is 2. The highest BCUT2D eigenvalue weighted by Crippen LogP contribution is 2.37. The second-order valence-corrected chi connectivity index (χ2v) is 8.71. The van der Waals surface area contributed by atoms with Crippen molar-refractivity contribution < 1.29 is 19.1 Å². The van der Waals surface area contributed by atoms with Crippen molar-refractivity contribution in [2.75, 3.05) is 6.61 Å². The Hall–Kier alpha value is -1.95. The first-order valence-corrected chi connectivity index (χ1v) is 10.7. The summed E-state index contributed by atoms with van der Waals surface area (Å²) in [6.45, 7) is 0.0115. The fraction of sp³-hybridized carbons (Fsp3) is 0.304. The zero-order valence-corrected chi connectivity index (χ0v) is 18.0. The smallest absolute Gasteiger partial charge is 0.188 e. The Morgan fingerprint density at radius 2 is 1.83 bits per heavy atom. The van der Waals surface area contributed by atoms with Crippen LogP contribution >= 0.6 is 27.5 Å². The van der Waals surface area contributed by atoms with E-state index in [0.29, 0.717) is 29.0 Å². The molecular weight excluding hydrogens is 456 g/mol. The fourth-order valence-electron chi connectivity index (χ4n) is 3.86. The highest BCUT2D eigenvalue weighted by molar-refractivity contribution is 9.10. The summed E-state index contributed by atoms with van der Waals surface area (Å²) < 4.78 is 12.7. The molecule has 150 valence electrons. The number of allylic oxidation sites excluding steroid dienone is 1. The number of hydrogen-bond donors (Lipinski definition) is 0. The molecule has 0 amide bonds. The van der Waals surface area contributed by atoms with Crippen molar-refractivity contribution >= 4 is 44.7 Å². The molecule has 0 saturated heterocycles. The Morgan fingerprint density at radius 1 is 1.10 bits per heavy atom. The molecular formula is C23H20BrClO4. The third-order valence-corrected chi connectivity index (χ3v) is 6.26. The number of fused-ring (bicyclic) bond motifs is 1. The van der Waals surface area contributed by atoms with Gasteiger partial charge in [-0.25, -0.2) is 0 Å². The summed E-state index contributed by atoms with van der Waals surface area (Å²) in [7, 11) is 0. The molecule has 3 unspecified atom stereocenters. The summed E-state index contributed by atoms with van der Waals surface area (Å²) in [6.07, 6.45) is 3.31. The number of ether oxygens (including phenoxy) is 2. The van der Waals surface area contributed by atoms with Gasteiger partial charge >= 0.3 is 0 Å². The first kappa shape index (κ1) is 20.3. The van der Waals surface area contributed by atoms with Crippen molar-refractivity contribution in [3.05, 3.63) is 75.4 Å². The van der Waals surface area contributed by atoms with Gasteiger partial charge < -0.3 is 9.47 Å². The van der Waals surface area contributed by atoms with Crippen LogP contribution in [-0.4, -0.2) is 30.4 Å². The van der Waals surface area contributed by atoms with E-state index in [1.807, 2.05) is 24.3 Å². The summed E-state index contributed by atoms with van der Waals surface area (Å²) in [6, 6.07) is 14.4. The molecule has 4 rings (SSSR count). The van der Waals surface area contributed by atoms with Crippen LogP contribution in [0.25, 0.3) is 5.57 Å². The minimum Gasteiger partial charge on any atom is -0.496 e. The zero-order valence-electron chi connectivity index (χ0n) is 15.6. The lowest BCUT2D eigenvalue weighted by atomic mass is 9.78. The largest absolute Gasteiger partial charge is 0.496 e. The maximum Gasteiger partial charge on any atom is 0.188 e. The second-order valence-electron chi connectivity index (χ2n) is 7.36. The minimum atomic E-state index is -0.203. The topological polar surface area (TPSA) is 52.6 Å². The van der Waals surface area contributed by atoms with Gasteiger partial charge in [0.25, 0.3) is 0 Å². The number of benzene rings is 2. The molecule has 1 heterocycles. The molecule has 1 aliphatic heterocycles. The maximum absolute atomic E-state index is 13.0. The molecule has 0 aromatic heterocycles. The Bertz CT molecular complexity index is 936. The molecule has 0 bridgehead atoms. The standard InChI is InChI=1S/C23H20BrClO4/c24-16-5-1-14(2-6-16)20-12-29-22-11-18(9-10-19(22)23(20)27)28-13-21(26)15-3-7-17(25)8-4-15/h1-8,12,18-19,22H,9-11,13H2. The predicted octanol–water partition coefficient (Wildman–Crippen LogP) is 5.48. The Kier molecular flexibility index (Phi) is 6.18. The van der Waals surface area contributed by atoms with Gasteiger partial charge in [-0.1, -0.05) is 39.7 Å². The highest BCUT2D eigenvalue weighted by atomic mass is 79.9. The van der Waals surface area contributed by atoms with Crippen LogP contribution in [-0.2, 0) is 14.3 Å². The Labute approximate surface area is 183 Å². The lowest BCUT2D eigenvalue weighted by Gasteiger charge is -2.37. The van der Waals surface area contributed by atoms with Gasteiger partial charge in [0.1, 0.15) is 12.7 Å². The third kappa shape index (κ3) is 4.63. The van der Waals surface area contributed by atoms with Gasteiger partial charge in [-0.3, -0.25) is 9.59 Å². The van der Waals surface area contributed by atoms with Crippen LogP contribution in [0.5, 0.6) is 0 Å². The van der Waals surface area contributed by atoms with E-state index < -0.39 is 0 Å². The van der Waals surface area contributed by atoms with Crippen molar-refractivity contribution in [2.24, 2.45) is 5.92 Å². The second kappa shape index (κ2) is 8.82. The average Bonchev–Trinajstić information content (AvgIpc) is 2.73. The number of rotatable bonds is 5. The van der Waals surface area contributed by atoms with Crippen molar-refractivity contribution in [3.8, 4) is 0 Å². The summed E-state index contributed by atoms with van der Waals surface area (Å²) in [4.78, 5) is 25.3. The van der Waals surface area contributed by atoms with E-state index in [2.05, 4.69) is 15.9 Å². The van der Waals surface area contributed by atoms with E-state index in [0.717, 1.165) is 16.5 Å². The predicted molar refractivity (Wildman–Crippen MR) is 115 cm³/mol. The van der Waals surface area contributed by atoms with E-state index in [4.69, 9.17) is 21.1 Å². The molecule has 2 aromatic carbocycles. The molecule has 29 heavy (non-hydrogen) atoms. The van der Waals surface area contributed by atoms with Crippen LogP contribution in [0.1, 0.15) is 35.2 Å². The van der Waals surface area contributed by atoms with Gasteiger partial charge in [0, 0.05) is 21.5 Å². The van der Waals surface area contributed by atoms with Crippen molar-refractivity contribution in [1.29, 1.82) is 0 Å². The van der Waals surface area contributed by atoms with Crippen LogP contribution < -0.4 is 0 Å². The molecule has 2 aromatic rings. The van der Waals surface area contributed by atoms with Gasteiger partial charge in [-0.15, -0.1) is 0 Å². The van der Waals surface area contributed by atoms with E-state index >= 15 is 0 Å². The molecule has 4 nitrogen and oxygen atoms in total. The Balaban J connectivity index is 1.36. The number of hydrogen-bond acceptors (Lipinski definition) is 4. The van der Waals surface area contributed by atoms with Crippen LogP contribution in [0.3, 0.4) is 0 Å². The average molecular weight is 476 g/mol. The normalized spacial score (nSPS) is 23.7. The van der Waals surface area contributed by atoms with Crippen molar-refractivity contribution in [3.63, 3.8) is 0 Å². The van der Waals surface area contributed by atoms with Gasteiger partial charge in [-0.05, 0) is 54.8 Å². The van der Waals surface area contributed by atoms with E-state index in [-0.39, 0.29) is 36.3 Å². The SMILES string of the molecule is O=C(COC1CCC2C(=O)C(c3ccc(Br)cc3)=COC2C1)c1ccc(Cl)cc1. The monoisotopic (exact) mass is 474 g/mol. The fourth-order valence-corrected chi connectivity index (χ4v) is 4.25. The minimum absolute atomic E-state index is 0.0115. The van der Waals surface area contributed by atoms with Gasteiger partial charge in [-0.2, -0.15) is 0 Å². The van der Waals surface area contributed by atoms with Crippen molar-refractivity contribution in [1.82, 2.24) is 0 Å². The summed E-state index contributed by atoms with van der Waals surface area (Å²) in [5.41, 5.74) is 2.06. The van der Waals surface area contributed by atoms with Gasteiger partial charge in [0.05, 0.1) is 23.9 Å². The first-order chi connectivity index (χ1) is 14.0. The van der Waals surface area contributed by atoms with E-state index in [1.165, 1.54) is 0 Å².